The van der Waals surface area contributed by atoms with Gasteiger partial charge in [0.25, 0.3) is 0 Å². The highest BCUT2D eigenvalue weighted by molar-refractivity contribution is 5.91. The van der Waals surface area contributed by atoms with Crippen LogP contribution in [0.15, 0.2) is 18.6 Å². The van der Waals surface area contributed by atoms with Crippen molar-refractivity contribution in [2.45, 2.75) is 51.9 Å². The molecule has 0 bridgehead atoms. The van der Waals surface area contributed by atoms with Gasteiger partial charge in [0.1, 0.15) is 12.0 Å². The van der Waals surface area contributed by atoms with Crippen LogP contribution >= 0.6 is 0 Å². The summed E-state index contributed by atoms with van der Waals surface area (Å²) in [5.41, 5.74) is 9.13. The zero-order valence-corrected chi connectivity index (χ0v) is 18.5. The predicted molar refractivity (Wildman–Crippen MR) is 121 cm³/mol. The van der Waals surface area contributed by atoms with Crippen molar-refractivity contribution in [1.29, 1.82) is 0 Å². The molecule has 1 saturated heterocycles. The van der Waals surface area contributed by atoms with Crippen LogP contribution in [0.2, 0.25) is 0 Å². The Bertz CT molecular complexity index is 1330. The van der Waals surface area contributed by atoms with Crippen LogP contribution in [0, 0.1) is 13.8 Å². The first-order valence-electron chi connectivity index (χ1n) is 11.2. The molecule has 0 aliphatic carbocycles. The number of fused-ring (bicyclic) bond motifs is 4. The Morgan fingerprint density at radius 2 is 1.97 bits per heavy atom. The van der Waals surface area contributed by atoms with Crippen molar-refractivity contribution in [3.8, 4) is 17.1 Å². The number of piperidine rings is 1. The van der Waals surface area contributed by atoms with Gasteiger partial charge in [0.15, 0.2) is 5.65 Å². The number of H-pyrrole nitrogens is 1. The van der Waals surface area contributed by atoms with E-state index in [9.17, 15) is 0 Å². The van der Waals surface area contributed by atoms with Crippen molar-refractivity contribution < 1.29 is 4.74 Å². The van der Waals surface area contributed by atoms with E-state index in [4.69, 9.17) is 9.72 Å². The first kappa shape index (κ1) is 18.8. The first-order valence-corrected chi connectivity index (χ1v) is 11.2. The number of nitrogens with one attached hydrogen (secondary N) is 2. The maximum Gasteiger partial charge on any atom is 0.219 e. The summed E-state index contributed by atoms with van der Waals surface area (Å²) < 4.78 is 7.99. The number of ether oxygens (including phenoxy) is 1. The molecule has 2 aliphatic heterocycles. The smallest absolute Gasteiger partial charge is 0.219 e. The number of aryl methyl sites for hydroxylation is 1. The summed E-state index contributed by atoms with van der Waals surface area (Å²) in [6.45, 7) is 11.6. The van der Waals surface area contributed by atoms with Crippen LogP contribution in [-0.2, 0) is 5.41 Å². The van der Waals surface area contributed by atoms with Crippen LogP contribution < -0.4 is 10.1 Å². The van der Waals surface area contributed by atoms with Gasteiger partial charge in [-0.1, -0.05) is 13.8 Å². The van der Waals surface area contributed by atoms with Gasteiger partial charge >= 0.3 is 0 Å². The van der Waals surface area contributed by atoms with Crippen molar-refractivity contribution in [1.82, 2.24) is 29.9 Å². The molecule has 0 radical (unpaired) electrons. The highest BCUT2D eigenvalue weighted by Crippen LogP contribution is 2.46. The maximum atomic E-state index is 6.12. The Kier molecular flexibility index (Phi) is 3.96. The predicted octanol–water partition coefficient (Wildman–Crippen LogP) is 4.03. The van der Waals surface area contributed by atoms with E-state index in [2.05, 4.69) is 60.3 Å². The molecule has 2 N–H and O–H groups in total. The molecule has 4 aromatic rings. The molecule has 31 heavy (non-hydrogen) atoms. The van der Waals surface area contributed by atoms with Gasteiger partial charge in [-0.05, 0) is 68.5 Å². The fourth-order valence-electron chi connectivity index (χ4n) is 5.48. The van der Waals surface area contributed by atoms with Gasteiger partial charge in [-0.2, -0.15) is 10.1 Å². The zero-order valence-electron chi connectivity index (χ0n) is 18.5. The van der Waals surface area contributed by atoms with Crippen LogP contribution in [0.25, 0.3) is 27.9 Å². The molecule has 0 atom stereocenters. The van der Waals surface area contributed by atoms with Crippen LogP contribution in [0.5, 0.6) is 5.88 Å². The molecular formula is C24H28N6O. The number of hydrogen-bond donors (Lipinski definition) is 2. The maximum absolute atomic E-state index is 6.12. The van der Waals surface area contributed by atoms with Gasteiger partial charge in [0, 0.05) is 28.1 Å². The summed E-state index contributed by atoms with van der Waals surface area (Å²) in [5, 5.41) is 9.09. The number of pyridine rings is 2. The molecule has 7 heteroatoms. The Morgan fingerprint density at radius 3 is 2.74 bits per heavy atom. The summed E-state index contributed by atoms with van der Waals surface area (Å²) >= 11 is 0. The molecule has 4 aromatic heterocycles. The second kappa shape index (κ2) is 6.53. The topological polar surface area (TPSA) is 80.1 Å². The molecule has 6 rings (SSSR count). The van der Waals surface area contributed by atoms with E-state index in [1.54, 1.807) is 6.33 Å². The van der Waals surface area contributed by atoms with E-state index in [0.29, 0.717) is 5.92 Å². The fraction of sp³-hybridized carbons (Fsp3) is 0.458. The quantitative estimate of drug-likeness (QED) is 0.516. The third kappa shape index (κ3) is 2.59. The highest BCUT2D eigenvalue weighted by Gasteiger charge is 2.43. The van der Waals surface area contributed by atoms with E-state index < -0.39 is 0 Å². The largest absolute Gasteiger partial charge is 0.476 e. The normalized spacial score (nSPS) is 17.7. The molecule has 1 spiro atoms. The minimum absolute atomic E-state index is 0.0968. The summed E-state index contributed by atoms with van der Waals surface area (Å²) in [4.78, 5) is 13.0. The molecule has 160 valence electrons. The van der Waals surface area contributed by atoms with Crippen molar-refractivity contribution in [3.05, 3.63) is 40.8 Å². The van der Waals surface area contributed by atoms with Crippen molar-refractivity contribution in [3.63, 3.8) is 0 Å². The lowest BCUT2D eigenvalue weighted by Gasteiger charge is -2.32. The number of nitrogens with zero attached hydrogens (tertiary/aromatic N) is 4. The van der Waals surface area contributed by atoms with Gasteiger partial charge in [-0.3, -0.25) is 0 Å². The average molecular weight is 417 g/mol. The zero-order chi connectivity index (χ0) is 21.3. The molecule has 2 aliphatic rings. The summed E-state index contributed by atoms with van der Waals surface area (Å²) in [6, 6.07) is 2.36. The van der Waals surface area contributed by atoms with Crippen molar-refractivity contribution in [2.75, 3.05) is 19.7 Å². The molecule has 6 heterocycles. The Labute approximate surface area is 181 Å². The molecule has 0 unspecified atom stereocenters. The highest BCUT2D eigenvalue weighted by atomic mass is 16.5. The van der Waals surface area contributed by atoms with Gasteiger partial charge in [0.05, 0.1) is 12.3 Å². The standard InChI is InChI=1S/C24H28N6O/c1-13(2)19-16-9-18-23(31-11-24(18)5-7-25-8-6-24)29-21(16)28-20(19)17-10-30-22(26-12-27-30)15(4)14(17)3/h9-10,12-13,25H,5-8,11H2,1-4H3,(H,28,29). The Morgan fingerprint density at radius 1 is 1.16 bits per heavy atom. The van der Waals surface area contributed by atoms with Gasteiger partial charge in [-0.15, -0.1) is 0 Å². The van der Waals surface area contributed by atoms with Gasteiger partial charge < -0.3 is 15.0 Å². The van der Waals surface area contributed by atoms with E-state index in [1.165, 1.54) is 22.1 Å². The first-order chi connectivity index (χ1) is 15.0. The third-order valence-electron chi connectivity index (χ3n) is 7.38. The second-order valence-electron chi connectivity index (χ2n) is 9.45. The molecule has 0 aromatic carbocycles. The molecule has 0 amide bonds. The van der Waals surface area contributed by atoms with Crippen LogP contribution in [0.3, 0.4) is 0 Å². The van der Waals surface area contributed by atoms with E-state index in [1.807, 2.05) is 4.52 Å². The average Bonchev–Trinajstić information content (AvgIpc) is 3.46. The minimum atomic E-state index is 0.0968. The SMILES string of the molecule is Cc1c(-c2[nH]c3nc4c(cc3c2C(C)C)C2(CCNCC2)CO4)cn2ncnc2c1C. The van der Waals surface area contributed by atoms with Crippen molar-refractivity contribution in [2.24, 2.45) is 0 Å². The number of aromatic amines is 1. The molecular weight excluding hydrogens is 388 g/mol. The fourth-order valence-corrected chi connectivity index (χ4v) is 5.48. The van der Waals surface area contributed by atoms with E-state index in [-0.39, 0.29) is 5.41 Å². The second-order valence-corrected chi connectivity index (χ2v) is 9.45. The molecule has 0 saturated carbocycles. The Balaban J connectivity index is 1.60. The van der Waals surface area contributed by atoms with Crippen LogP contribution in [0.1, 0.15) is 54.9 Å². The van der Waals surface area contributed by atoms with E-state index in [0.717, 1.165) is 66.5 Å². The summed E-state index contributed by atoms with van der Waals surface area (Å²) in [6.07, 6.45) is 5.90. The lowest BCUT2D eigenvalue weighted by atomic mass is 9.75. The third-order valence-corrected chi connectivity index (χ3v) is 7.38. The number of aromatic nitrogens is 5. The number of rotatable bonds is 2. The molecule has 1 fully saturated rings. The Hall–Kier alpha value is -2.93. The van der Waals surface area contributed by atoms with Crippen LogP contribution in [0.4, 0.5) is 0 Å². The van der Waals surface area contributed by atoms with Gasteiger partial charge in [0.2, 0.25) is 5.88 Å². The molecule has 7 nitrogen and oxygen atoms in total. The van der Waals surface area contributed by atoms with Crippen molar-refractivity contribution >= 4 is 16.7 Å². The summed E-state index contributed by atoms with van der Waals surface area (Å²) in [7, 11) is 0. The summed E-state index contributed by atoms with van der Waals surface area (Å²) in [5.74, 6) is 1.15. The van der Waals surface area contributed by atoms with Gasteiger partial charge in [-0.25, -0.2) is 9.50 Å². The lowest BCUT2D eigenvalue weighted by Crippen LogP contribution is -2.40. The minimum Gasteiger partial charge on any atom is -0.476 e. The monoisotopic (exact) mass is 416 g/mol. The number of hydrogen-bond acceptors (Lipinski definition) is 5. The van der Waals surface area contributed by atoms with Crippen LogP contribution in [-0.4, -0.2) is 44.3 Å². The van der Waals surface area contributed by atoms with E-state index >= 15 is 0 Å². The lowest BCUT2D eigenvalue weighted by molar-refractivity contribution is 0.217.